The molecule has 0 aliphatic carbocycles. The van der Waals surface area contributed by atoms with Gasteiger partial charge in [-0.1, -0.05) is 19.1 Å². The Hall–Kier alpha value is -1.39. The Labute approximate surface area is 134 Å². The number of nitrogens with one attached hydrogen (secondary N) is 1. The van der Waals surface area contributed by atoms with E-state index >= 15 is 0 Å². The minimum atomic E-state index is -0.0124. The SMILES string of the molecule is CC1CCCN(C(C)(C)CNC(=O)c2ccc(CN)cc2)C1. The van der Waals surface area contributed by atoms with Crippen LogP contribution in [0.2, 0.25) is 0 Å². The van der Waals surface area contributed by atoms with Crippen molar-refractivity contribution < 1.29 is 4.79 Å². The monoisotopic (exact) mass is 303 g/mol. The summed E-state index contributed by atoms with van der Waals surface area (Å²) in [5.74, 6) is 0.731. The average molecular weight is 303 g/mol. The molecular weight excluding hydrogens is 274 g/mol. The van der Waals surface area contributed by atoms with E-state index in [0.717, 1.165) is 24.6 Å². The Morgan fingerprint density at radius 1 is 1.36 bits per heavy atom. The van der Waals surface area contributed by atoms with Crippen molar-refractivity contribution in [2.45, 2.75) is 45.7 Å². The number of piperidine rings is 1. The fraction of sp³-hybridized carbons (Fsp3) is 0.611. The molecule has 1 amide bonds. The summed E-state index contributed by atoms with van der Waals surface area (Å²) in [6.07, 6.45) is 2.56. The van der Waals surface area contributed by atoms with E-state index in [0.29, 0.717) is 18.7 Å². The van der Waals surface area contributed by atoms with Gasteiger partial charge in [-0.05, 0) is 56.8 Å². The summed E-state index contributed by atoms with van der Waals surface area (Å²) >= 11 is 0. The molecule has 1 aromatic rings. The third-order valence-corrected chi connectivity index (χ3v) is 4.65. The topological polar surface area (TPSA) is 58.4 Å². The minimum Gasteiger partial charge on any atom is -0.350 e. The highest BCUT2D eigenvalue weighted by atomic mass is 16.1. The molecule has 2 rings (SSSR count). The van der Waals surface area contributed by atoms with Gasteiger partial charge in [0.2, 0.25) is 0 Å². The van der Waals surface area contributed by atoms with Crippen molar-refractivity contribution in [3.8, 4) is 0 Å². The van der Waals surface area contributed by atoms with E-state index in [1.807, 2.05) is 24.3 Å². The summed E-state index contributed by atoms with van der Waals surface area (Å²) in [6, 6.07) is 7.50. The van der Waals surface area contributed by atoms with Crippen molar-refractivity contribution in [3.05, 3.63) is 35.4 Å². The molecule has 1 saturated heterocycles. The molecule has 1 aliphatic rings. The van der Waals surface area contributed by atoms with Crippen LogP contribution in [0.1, 0.15) is 49.5 Å². The maximum Gasteiger partial charge on any atom is 0.251 e. The van der Waals surface area contributed by atoms with E-state index in [-0.39, 0.29) is 11.4 Å². The van der Waals surface area contributed by atoms with E-state index in [4.69, 9.17) is 5.73 Å². The first-order chi connectivity index (χ1) is 10.4. The molecule has 0 radical (unpaired) electrons. The van der Waals surface area contributed by atoms with Crippen molar-refractivity contribution >= 4 is 5.91 Å². The highest BCUT2D eigenvalue weighted by molar-refractivity contribution is 5.94. The Balaban J connectivity index is 1.91. The highest BCUT2D eigenvalue weighted by Crippen LogP contribution is 2.23. The molecule has 4 nitrogen and oxygen atoms in total. The van der Waals surface area contributed by atoms with E-state index in [9.17, 15) is 4.79 Å². The minimum absolute atomic E-state index is 0.0123. The smallest absolute Gasteiger partial charge is 0.251 e. The van der Waals surface area contributed by atoms with Crippen LogP contribution in [-0.4, -0.2) is 36.0 Å². The summed E-state index contributed by atoms with van der Waals surface area (Å²) in [4.78, 5) is 14.8. The third-order valence-electron chi connectivity index (χ3n) is 4.65. The number of amides is 1. The van der Waals surface area contributed by atoms with Crippen LogP contribution >= 0.6 is 0 Å². The number of nitrogens with two attached hydrogens (primary N) is 1. The van der Waals surface area contributed by atoms with Crippen molar-refractivity contribution in [2.75, 3.05) is 19.6 Å². The lowest BCUT2D eigenvalue weighted by Gasteiger charge is -2.43. The van der Waals surface area contributed by atoms with Crippen molar-refractivity contribution in [2.24, 2.45) is 11.7 Å². The average Bonchev–Trinajstić information content (AvgIpc) is 2.53. The number of hydrogen-bond donors (Lipinski definition) is 2. The Morgan fingerprint density at radius 3 is 2.64 bits per heavy atom. The Bertz CT molecular complexity index is 496. The second kappa shape index (κ2) is 7.25. The van der Waals surface area contributed by atoms with Crippen LogP contribution in [0.5, 0.6) is 0 Å². The summed E-state index contributed by atoms with van der Waals surface area (Å²) in [7, 11) is 0. The molecule has 0 saturated carbocycles. The van der Waals surface area contributed by atoms with Gasteiger partial charge in [-0.3, -0.25) is 9.69 Å². The maximum atomic E-state index is 12.3. The van der Waals surface area contributed by atoms with Gasteiger partial charge in [0.1, 0.15) is 0 Å². The zero-order valence-corrected chi connectivity index (χ0v) is 14.1. The van der Waals surface area contributed by atoms with Gasteiger partial charge in [0.05, 0.1) is 0 Å². The molecule has 1 heterocycles. The molecule has 1 unspecified atom stereocenters. The third kappa shape index (κ3) is 4.31. The lowest BCUT2D eigenvalue weighted by molar-refractivity contribution is 0.0657. The molecule has 1 atom stereocenters. The predicted molar refractivity (Wildman–Crippen MR) is 90.7 cm³/mol. The summed E-state index contributed by atoms with van der Waals surface area (Å²) < 4.78 is 0. The molecule has 1 aliphatic heterocycles. The standard InChI is InChI=1S/C18H29N3O/c1-14-5-4-10-21(12-14)18(2,3)13-20-17(22)16-8-6-15(11-19)7-9-16/h6-9,14H,4-5,10-13,19H2,1-3H3,(H,20,22). The molecule has 3 N–H and O–H groups in total. The molecule has 0 aromatic heterocycles. The summed E-state index contributed by atoms with van der Waals surface area (Å²) in [6.45, 7) is 10.1. The molecule has 1 aromatic carbocycles. The van der Waals surface area contributed by atoms with Crippen LogP contribution in [0, 0.1) is 5.92 Å². The maximum absolute atomic E-state index is 12.3. The first kappa shape index (κ1) is 17.0. The molecule has 0 spiro atoms. The molecule has 22 heavy (non-hydrogen) atoms. The lowest BCUT2D eigenvalue weighted by Crippen LogP contribution is -2.54. The normalized spacial score (nSPS) is 19.9. The van der Waals surface area contributed by atoms with Crippen molar-refractivity contribution in [3.63, 3.8) is 0 Å². The van der Waals surface area contributed by atoms with Gasteiger partial charge in [0.15, 0.2) is 0 Å². The second-order valence-electron chi connectivity index (χ2n) is 7.09. The van der Waals surface area contributed by atoms with Crippen LogP contribution in [0.15, 0.2) is 24.3 Å². The number of nitrogens with zero attached hydrogens (tertiary/aromatic N) is 1. The largest absolute Gasteiger partial charge is 0.350 e. The number of carbonyl (C=O) groups excluding carboxylic acids is 1. The first-order valence-electron chi connectivity index (χ1n) is 8.24. The van der Waals surface area contributed by atoms with E-state index in [2.05, 4.69) is 31.0 Å². The molecular formula is C18H29N3O. The molecule has 0 bridgehead atoms. The van der Waals surface area contributed by atoms with Crippen molar-refractivity contribution in [1.82, 2.24) is 10.2 Å². The van der Waals surface area contributed by atoms with Gasteiger partial charge in [0.25, 0.3) is 5.91 Å². The predicted octanol–water partition coefficient (Wildman–Crippen LogP) is 2.39. The summed E-state index contributed by atoms with van der Waals surface area (Å²) in [5.41, 5.74) is 7.30. The zero-order valence-electron chi connectivity index (χ0n) is 14.1. The number of hydrogen-bond acceptors (Lipinski definition) is 3. The van der Waals surface area contributed by atoms with Gasteiger partial charge < -0.3 is 11.1 Å². The highest BCUT2D eigenvalue weighted by Gasteiger charge is 2.30. The fourth-order valence-corrected chi connectivity index (χ4v) is 3.04. The van der Waals surface area contributed by atoms with Crippen LogP contribution in [-0.2, 0) is 6.54 Å². The Kier molecular flexibility index (Phi) is 5.59. The number of benzene rings is 1. The molecule has 4 heteroatoms. The quantitative estimate of drug-likeness (QED) is 0.878. The Morgan fingerprint density at radius 2 is 2.05 bits per heavy atom. The number of likely N-dealkylation sites (tertiary alicyclic amines) is 1. The van der Waals surface area contributed by atoms with E-state index in [1.54, 1.807) is 0 Å². The van der Waals surface area contributed by atoms with Gasteiger partial charge in [0, 0.05) is 30.7 Å². The van der Waals surface area contributed by atoms with Gasteiger partial charge in [-0.25, -0.2) is 0 Å². The fourth-order valence-electron chi connectivity index (χ4n) is 3.04. The van der Waals surface area contributed by atoms with E-state index < -0.39 is 0 Å². The molecule has 1 fully saturated rings. The van der Waals surface area contributed by atoms with Crippen LogP contribution in [0.25, 0.3) is 0 Å². The lowest BCUT2D eigenvalue weighted by atomic mass is 9.93. The summed E-state index contributed by atoms with van der Waals surface area (Å²) in [5, 5.41) is 3.08. The molecule has 122 valence electrons. The number of carbonyl (C=O) groups is 1. The van der Waals surface area contributed by atoms with Crippen molar-refractivity contribution in [1.29, 1.82) is 0 Å². The first-order valence-corrected chi connectivity index (χ1v) is 8.24. The van der Waals surface area contributed by atoms with Gasteiger partial charge >= 0.3 is 0 Å². The van der Waals surface area contributed by atoms with Crippen LogP contribution in [0.3, 0.4) is 0 Å². The van der Waals surface area contributed by atoms with Gasteiger partial charge in [-0.2, -0.15) is 0 Å². The number of rotatable bonds is 5. The van der Waals surface area contributed by atoms with Crippen LogP contribution in [0.4, 0.5) is 0 Å². The second-order valence-corrected chi connectivity index (χ2v) is 7.09. The van der Waals surface area contributed by atoms with Crippen LogP contribution < -0.4 is 11.1 Å². The van der Waals surface area contributed by atoms with E-state index in [1.165, 1.54) is 12.8 Å². The van der Waals surface area contributed by atoms with Gasteiger partial charge in [-0.15, -0.1) is 0 Å². The zero-order chi connectivity index (χ0) is 16.2.